The molecular formula is C7H18N2O3S. The van der Waals surface area contributed by atoms with Crippen LogP contribution in [0.1, 0.15) is 13.8 Å². The monoisotopic (exact) mass is 210 g/mol. The summed E-state index contributed by atoms with van der Waals surface area (Å²) >= 11 is 0. The summed E-state index contributed by atoms with van der Waals surface area (Å²) in [5, 5.41) is 0. The number of nitrogens with one attached hydrogen (secondary N) is 1. The molecule has 0 radical (unpaired) electrons. The van der Waals surface area contributed by atoms with Crippen molar-refractivity contribution in [3.8, 4) is 0 Å². The summed E-state index contributed by atoms with van der Waals surface area (Å²) in [6.07, 6.45) is 0. The van der Waals surface area contributed by atoms with Gasteiger partial charge < -0.3 is 10.5 Å². The van der Waals surface area contributed by atoms with Crippen molar-refractivity contribution in [2.24, 2.45) is 5.73 Å². The van der Waals surface area contributed by atoms with E-state index in [4.69, 9.17) is 10.5 Å². The SMILES string of the molecule is CCOCC(C)NS(=O)(=O)CCN. The molecule has 0 aromatic rings. The molecule has 13 heavy (non-hydrogen) atoms. The van der Waals surface area contributed by atoms with Gasteiger partial charge >= 0.3 is 0 Å². The maximum atomic E-state index is 11.2. The fraction of sp³-hybridized carbons (Fsp3) is 1.00. The third kappa shape index (κ3) is 6.94. The molecule has 80 valence electrons. The predicted molar refractivity (Wildman–Crippen MR) is 51.9 cm³/mol. The Morgan fingerprint density at radius 2 is 2.15 bits per heavy atom. The highest BCUT2D eigenvalue weighted by Crippen LogP contribution is 1.89. The molecule has 0 saturated carbocycles. The summed E-state index contributed by atoms with van der Waals surface area (Å²) in [6.45, 7) is 4.73. The lowest BCUT2D eigenvalue weighted by Crippen LogP contribution is -2.38. The van der Waals surface area contributed by atoms with Crippen molar-refractivity contribution in [3.63, 3.8) is 0 Å². The second kappa shape index (κ2) is 6.31. The molecule has 0 amide bonds. The Labute approximate surface area is 79.7 Å². The Hall–Kier alpha value is -0.170. The summed E-state index contributed by atoms with van der Waals surface area (Å²) in [6, 6.07) is -0.198. The minimum absolute atomic E-state index is 0.0382. The van der Waals surface area contributed by atoms with Gasteiger partial charge in [0.2, 0.25) is 10.0 Å². The van der Waals surface area contributed by atoms with Gasteiger partial charge in [-0.15, -0.1) is 0 Å². The van der Waals surface area contributed by atoms with Crippen molar-refractivity contribution in [1.29, 1.82) is 0 Å². The zero-order valence-corrected chi connectivity index (χ0v) is 8.93. The molecule has 0 fully saturated rings. The Morgan fingerprint density at radius 3 is 2.62 bits per heavy atom. The molecule has 0 aromatic heterocycles. The molecule has 3 N–H and O–H groups in total. The van der Waals surface area contributed by atoms with E-state index in [-0.39, 0.29) is 18.3 Å². The number of hydrogen-bond acceptors (Lipinski definition) is 4. The topological polar surface area (TPSA) is 81.4 Å². The van der Waals surface area contributed by atoms with E-state index in [0.717, 1.165) is 0 Å². The van der Waals surface area contributed by atoms with Gasteiger partial charge in [-0.05, 0) is 13.8 Å². The van der Waals surface area contributed by atoms with E-state index in [1.165, 1.54) is 0 Å². The van der Waals surface area contributed by atoms with E-state index in [0.29, 0.717) is 13.2 Å². The first-order valence-electron chi connectivity index (χ1n) is 4.29. The van der Waals surface area contributed by atoms with Crippen LogP contribution in [0.15, 0.2) is 0 Å². The van der Waals surface area contributed by atoms with Gasteiger partial charge in [0.25, 0.3) is 0 Å². The largest absolute Gasteiger partial charge is 0.380 e. The van der Waals surface area contributed by atoms with Crippen LogP contribution in [0.2, 0.25) is 0 Å². The fourth-order valence-corrected chi connectivity index (χ4v) is 1.96. The maximum absolute atomic E-state index is 11.2. The van der Waals surface area contributed by atoms with Gasteiger partial charge in [0.05, 0.1) is 12.4 Å². The zero-order chi connectivity index (χ0) is 10.3. The van der Waals surface area contributed by atoms with Crippen LogP contribution in [-0.4, -0.2) is 40.0 Å². The number of sulfonamides is 1. The summed E-state index contributed by atoms with van der Waals surface area (Å²) in [4.78, 5) is 0. The van der Waals surface area contributed by atoms with Gasteiger partial charge in [-0.25, -0.2) is 13.1 Å². The summed E-state index contributed by atoms with van der Waals surface area (Å²) in [5.74, 6) is -0.0382. The molecule has 5 nitrogen and oxygen atoms in total. The van der Waals surface area contributed by atoms with Crippen LogP contribution < -0.4 is 10.5 Å². The zero-order valence-electron chi connectivity index (χ0n) is 8.12. The second-order valence-corrected chi connectivity index (χ2v) is 4.66. The molecule has 0 aliphatic heterocycles. The average Bonchev–Trinajstić information content (AvgIpc) is 1.99. The Bertz CT molecular complexity index is 216. The van der Waals surface area contributed by atoms with Crippen LogP contribution >= 0.6 is 0 Å². The van der Waals surface area contributed by atoms with Gasteiger partial charge in [-0.2, -0.15) is 0 Å². The van der Waals surface area contributed by atoms with Crippen molar-refractivity contribution in [2.75, 3.05) is 25.5 Å². The van der Waals surface area contributed by atoms with Gasteiger partial charge in [0.1, 0.15) is 0 Å². The number of hydrogen-bond donors (Lipinski definition) is 2. The normalized spacial score (nSPS) is 14.4. The Morgan fingerprint density at radius 1 is 1.54 bits per heavy atom. The predicted octanol–water partition coefficient (Wildman–Crippen LogP) is -0.710. The van der Waals surface area contributed by atoms with Crippen LogP contribution in [-0.2, 0) is 14.8 Å². The van der Waals surface area contributed by atoms with E-state index in [1.807, 2.05) is 6.92 Å². The minimum Gasteiger partial charge on any atom is -0.380 e. The number of nitrogens with two attached hydrogens (primary N) is 1. The lowest BCUT2D eigenvalue weighted by atomic mass is 10.4. The number of rotatable bonds is 7. The molecule has 0 saturated heterocycles. The molecule has 0 aromatic carbocycles. The Kier molecular flexibility index (Phi) is 6.23. The van der Waals surface area contributed by atoms with Crippen LogP contribution in [0.25, 0.3) is 0 Å². The van der Waals surface area contributed by atoms with Gasteiger partial charge in [0.15, 0.2) is 0 Å². The third-order valence-corrected chi connectivity index (χ3v) is 2.87. The fourth-order valence-electron chi connectivity index (χ4n) is 0.849. The van der Waals surface area contributed by atoms with Crippen LogP contribution in [0.5, 0.6) is 0 Å². The molecule has 0 bridgehead atoms. The van der Waals surface area contributed by atoms with Crippen LogP contribution in [0.3, 0.4) is 0 Å². The van der Waals surface area contributed by atoms with Crippen molar-refractivity contribution in [2.45, 2.75) is 19.9 Å². The highest BCUT2D eigenvalue weighted by atomic mass is 32.2. The molecule has 1 atom stereocenters. The van der Waals surface area contributed by atoms with E-state index in [2.05, 4.69) is 4.72 Å². The van der Waals surface area contributed by atoms with E-state index >= 15 is 0 Å². The lowest BCUT2D eigenvalue weighted by Gasteiger charge is -2.13. The van der Waals surface area contributed by atoms with Gasteiger partial charge in [0, 0.05) is 19.2 Å². The highest BCUT2D eigenvalue weighted by molar-refractivity contribution is 7.89. The third-order valence-electron chi connectivity index (χ3n) is 1.34. The minimum atomic E-state index is -3.22. The first-order chi connectivity index (χ1) is 6.02. The van der Waals surface area contributed by atoms with Crippen molar-refractivity contribution in [3.05, 3.63) is 0 Å². The highest BCUT2D eigenvalue weighted by Gasteiger charge is 2.12. The summed E-state index contributed by atoms with van der Waals surface area (Å²) < 4.78 is 29.8. The first-order valence-corrected chi connectivity index (χ1v) is 5.95. The molecule has 1 unspecified atom stereocenters. The molecule has 0 rings (SSSR count). The number of ether oxygens (including phenoxy) is 1. The van der Waals surface area contributed by atoms with Crippen LogP contribution in [0.4, 0.5) is 0 Å². The van der Waals surface area contributed by atoms with Gasteiger partial charge in [-0.3, -0.25) is 0 Å². The van der Waals surface area contributed by atoms with Crippen molar-refractivity contribution in [1.82, 2.24) is 4.72 Å². The molecule has 0 aliphatic carbocycles. The lowest BCUT2D eigenvalue weighted by molar-refractivity contribution is 0.133. The quantitative estimate of drug-likeness (QED) is 0.581. The van der Waals surface area contributed by atoms with E-state index in [9.17, 15) is 8.42 Å². The standard InChI is InChI=1S/C7H18N2O3S/c1-3-12-6-7(2)9-13(10,11)5-4-8/h7,9H,3-6,8H2,1-2H3. The smallest absolute Gasteiger partial charge is 0.213 e. The van der Waals surface area contributed by atoms with Crippen molar-refractivity contribution >= 4 is 10.0 Å². The van der Waals surface area contributed by atoms with Crippen molar-refractivity contribution < 1.29 is 13.2 Å². The molecule has 0 heterocycles. The molecule has 0 spiro atoms. The Balaban J connectivity index is 3.82. The molecular weight excluding hydrogens is 192 g/mol. The van der Waals surface area contributed by atoms with E-state index < -0.39 is 10.0 Å². The first kappa shape index (κ1) is 12.8. The average molecular weight is 210 g/mol. The summed E-state index contributed by atoms with van der Waals surface area (Å²) in [5.41, 5.74) is 5.14. The molecule has 0 aliphatic rings. The second-order valence-electron chi connectivity index (χ2n) is 2.79. The van der Waals surface area contributed by atoms with Gasteiger partial charge in [-0.1, -0.05) is 0 Å². The van der Waals surface area contributed by atoms with Crippen LogP contribution in [0, 0.1) is 0 Å². The molecule has 6 heteroatoms. The van der Waals surface area contributed by atoms with E-state index in [1.54, 1.807) is 6.92 Å². The maximum Gasteiger partial charge on any atom is 0.213 e. The summed E-state index contributed by atoms with van der Waals surface area (Å²) in [7, 11) is -3.22.